The molecule has 188 valence electrons. The number of benzene rings is 3. The predicted octanol–water partition coefficient (Wildman–Crippen LogP) is 7.59. The van der Waals surface area contributed by atoms with Crippen LogP contribution in [-0.2, 0) is 23.2 Å². The molecule has 3 aromatic rings. The van der Waals surface area contributed by atoms with E-state index in [9.17, 15) is 5.26 Å². The van der Waals surface area contributed by atoms with Gasteiger partial charge in [0.25, 0.3) is 5.70 Å². The SMILES string of the molecule is [C-]#[N+]/C(C#N)=C1C=C(/C=C/c2cc(CC)c3c(c2)CCCN3C)OC(c2ccccc2)(c2ccccc2)C\1. The lowest BCUT2D eigenvalue weighted by Crippen LogP contribution is -2.34. The standard InChI is InChI=1S/C34H31N3O/c1-4-26-20-25(21-27-12-11-19-37(3)33(26)27)17-18-31-22-28(32(24-35)36-2)23-34(38-31,29-13-7-5-8-14-29)30-15-9-6-10-16-30/h5-10,13-18,20-22H,4,11-12,19,23H2,1,3H3/b18-17+,32-28+. The van der Waals surface area contributed by atoms with Gasteiger partial charge in [-0.1, -0.05) is 73.7 Å². The molecule has 0 radical (unpaired) electrons. The predicted molar refractivity (Wildman–Crippen MR) is 153 cm³/mol. The second-order valence-electron chi connectivity index (χ2n) is 9.88. The highest BCUT2D eigenvalue weighted by atomic mass is 16.5. The van der Waals surface area contributed by atoms with Gasteiger partial charge >= 0.3 is 0 Å². The lowest BCUT2D eigenvalue weighted by atomic mass is 9.79. The summed E-state index contributed by atoms with van der Waals surface area (Å²) in [5.41, 5.74) is 7.13. The van der Waals surface area contributed by atoms with Crippen molar-refractivity contribution < 1.29 is 4.74 Å². The summed E-state index contributed by atoms with van der Waals surface area (Å²) in [6.45, 7) is 10.9. The molecule has 3 aromatic carbocycles. The van der Waals surface area contributed by atoms with E-state index < -0.39 is 5.60 Å². The van der Waals surface area contributed by atoms with Gasteiger partial charge in [0.15, 0.2) is 5.60 Å². The summed E-state index contributed by atoms with van der Waals surface area (Å²) in [6, 6.07) is 26.8. The van der Waals surface area contributed by atoms with E-state index in [1.807, 2.05) is 48.6 Å². The highest BCUT2D eigenvalue weighted by Crippen LogP contribution is 2.45. The van der Waals surface area contributed by atoms with Crippen LogP contribution in [0.15, 0.2) is 102 Å². The number of nitriles is 1. The Kier molecular flexibility index (Phi) is 7.16. The second-order valence-corrected chi connectivity index (χ2v) is 9.88. The van der Waals surface area contributed by atoms with Gasteiger partial charge in [-0.15, -0.1) is 0 Å². The number of anilines is 1. The number of hydrogen-bond donors (Lipinski definition) is 0. The maximum atomic E-state index is 9.76. The number of fused-ring (bicyclic) bond motifs is 1. The van der Waals surface area contributed by atoms with E-state index in [-0.39, 0.29) is 5.70 Å². The highest BCUT2D eigenvalue weighted by Gasteiger charge is 2.40. The number of rotatable bonds is 5. The second kappa shape index (κ2) is 10.8. The van der Waals surface area contributed by atoms with Crippen LogP contribution in [0.3, 0.4) is 0 Å². The van der Waals surface area contributed by atoms with Crippen LogP contribution >= 0.6 is 0 Å². The third-order valence-corrected chi connectivity index (χ3v) is 7.48. The van der Waals surface area contributed by atoms with Gasteiger partial charge in [-0.2, -0.15) is 0 Å². The van der Waals surface area contributed by atoms with Crippen LogP contribution in [-0.4, -0.2) is 13.6 Å². The highest BCUT2D eigenvalue weighted by molar-refractivity contribution is 5.67. The Morgan fingerprint density at radius 1 is 1.08 bits per heavy atom. The first-order valence-electron chi connectivity index (χ1n) is 13.2. The lowest BCUT2D eigenvalue weighted by molar-refractivity contribution is 0.0348. The Labute approximate surface area is 225 Å². The summed E-state index contributed by atoms with van der Waals surface area (Å²) in [6.07, 6.45) is 9.54. The summed E-state index contributed by atoms with van der Waals surface area (Å²) in [5, 5.41) is 9.76. The van der Waals surface area contributed by atoms with Gasteiger partial charge in [0.1, 0.15) is 5.76 Å². The number of aryl methyl sites for hydroxylation is 2. The van der Waals surface area contributed by atoms with E-state index in [1.54, 1.807) is 0 Å². The number of ether oxygens (including phenoxy) is 1. The van der Waals surface area contributed by atoms with E-state index in [1.165, 1.54) is 16.8 Å². The molecule has 0 bridgehead atoms. The maximum absolute atomic E-state index is 9.76. The first-order valence-corrected chi connectivity index (χ1v) is 13.2. The maximum Gasteiger partial charge on any atom is 0.265 e. The third-order valence-electron chi connectivity index (χ3n) is 7.48. The molecule has 0 unspecified atom stereocenters. The molecular formula is C34H31N3O. The minimum Gasteiger partial charge on any atom is -0.478 e. The van der Waals surface area contributed by atoms with Crippen molar-refractivity contribution in [2.45, 2.75) is 38.2 Å². The third kappa shape index (κ3) is 4.74. The minimum atomic E-state index is -0.855. The van der Waals surface area contributed by atoms with Gasteiger partial charge in [0.2, 0.25) is 0 Å². The van der Waals surface area contributed by atoms with Crippen molar-refractivity contribution in [2.75, 3.05) is 18.5 Å². The van der Waals surface area contributed by atoms with Crippen molar-refractivity contribution in [3.05, 3.63) is 141 Å². The molecule has 0 saturated carbocycles. The molecule has 0 N–H and O–H groups in total. The fourth-order valence-corrected chi connectivity index (χ4v) is 5.69. The van der Waals surface area contributed by atoms with Crippen molar-refractivity contribution in [2.24, 2.45) is 0 Å². The van der Waals surface area contributed by atoms with Crippen LogP contribution in [0.4, 0.5) is 5.69 Å². The van der Waals surface area contributed by atoms with Gasteiger partial charge in [0.05, 0.1) is 12.6 Å². The zero-order chi connectivity index (χ0) is 26.5. The molecule has 0 spiro atoms. The van der Waals surface area contributed by atoms with Crippen LogP contribution in [0.5, 0.6) is 0 Å². The van der Waals surface area contributed by atoms with Gasteiger partial charge in [-0.05, 0) is 65.8 Å². The van der Waals surface area contributed by atoms with E-state index in [0.29, 0.717) is 17.8 Å². The monoisotopic (exact) mass is 497 g/mol. The largest absolute Gasteiger partial charge is 0.478 e. The molecule has 2 aliphatic rings. The smallest absolute Gasteiger partial charge is 0.265 e. The quantitative estimate of drug-likeness (QED) is 0.269. The number of hydrogen-bond acceptors (Lipinski definition) is 3. The molecule has 0 amide bonds. The summed E-state index contributed by atoms with van der Waals surface area (Å²) < 4.78 is 6.84. The molecule has 0 aliphatic carbocycles. The van der Waals surface area contributed by atoms with E-state index >= 15 is 0 Å². The molecule has 0 fully saturated rings. The number of nitrogens with zero attached hydrogens (tertiary/aromatic N) is 3. The molecule has 2 heterocycles. The van der Waals surface area contributed by atoms with Crippen molar-refractivity contribution in [1.29, 1.82) is 5.26 Å². The van der Waals surface area contributed by atoms with Gasteiger partial charge < -0.3 is 9.64 Å². The Hall–Kier alpha value is -4.54. The van der Waals surface area contributed by atoms with Crippen molar-refractivity contribution in [3.8, 4) is 6.07 Å². The van der Waals surface area contributed by atoms with E-state index in [0.717, 1.165) is 42.5 Å². The van der Waals surface area contributed by atoms with Crippen molar-refractivity contribution >= 4 is 11.8 Å². The van der Waals surface area contributed by atoms with Crippen molar-refractivity contribution in [1.82, 2.24) is 0 Å². The van der Waals surface area contributed by atoms with E-state index in [4.69, 9.17) is 11.3 Å². The minimum absolute atomic E-state index is 0.0977. The fourth-order valence-electron chi connectivity index (χ4n) is 5.69. The summed E-state index contributed by atoms with van der Waals surface area (Å²) in [7, 11) is 2.18. The van der Waals surface area contributed by atoms with Crippen LogP contribution in [0.2, 0.25) is 0 Å². The summed E-state index contributed by atoms with van der Waals surface area (Å²) in [4.78, 5) is 5.93. The number of allylic oxidation sites excluding steroid dienone is 3. The first kappa shape index (κ1) is 25.1. The topological polar surface area (TPSA) is 40.6 Å². The lowest BCUT2D eigenvalue weighted by Gasteiger charge is -2.39. The molecule has 0 atom stereocenters. The Morgan fingerprint density at radius 3 is 2.37 bits per heavy atom. The van der Waals surface area contributed by atoms with Crippen LogP contribution < -0.4 is 4.90 Å². The van der Waals surface area contributed by atoms with Crippen LogP contribution in [0, 0.1) is 17.9 Å². The van der Waals surface area contributed by atoms with E-state index in [2.05, 4.69) is 72.3 Å². The Morgan fingerprint density at radius 2 is 1.76 bits per heavy atom. The molecule has 0 aromatic heterocycles. The summed E-state index contributed by atoms with van der Waals surface area (Å²) in [5.74, 6) is 0.628. The molecule has 4 nitrogen and oxygen atoms in total. The summed E-state index contributed by atoms with van der Waals surface area (Å²) >= 11 is 0. The molecular weight excluding hydrogens is 466 g/mol. The van der Waals surface area contributed by atoms with Gasteiger partial charge in [-0.3, -0.25) is 0 Å². The zero-order valence-electron chi connectivity index (χ0n) is 21.9. The molecule has 38 heavy (non-hydrogen) atoms. The van der Waals surface area contributed by atoms with Gasteiger partial charge in [-0.25, -0.2) is 10.1 Å². The van der Waals surface area contributed by atoms with Gasteiger partial charge in [0, 0.05) is 36.8 Å². The Balaban J connectivity index is 1.62. The zero-order valence-corrected chi connectivity index (χ0v) is 21.9. The van der Waals surface area contributed by atoms with Crippen molar-refractivity contribution in [3.63, 3.8) is 0 Å². The molecule has 0 saturated heterocycles. The van der Waals surface area contributed by atoms with Crippen LogP contribution in [0.25, 0.3) is 10.9 Å². The van der Waals surface area contributed by atoms with Crippen LogP contribution in [0.1, 0.15) is 47.6 Å². The normalized spacial score (nSPS) is 17.6. The molecule has 2 aliphatic heterocycles. The molecule has 5 rings (SSSR count). The fraction of sp³-hybridized carbons (Fsp3) is 0.235. The first-order chi connectivity index (χ1) is 18.6. The Bertz CT molecular complexity index is 1430. The average molecular weight is 498 g/mol. The average Bonchev–Trinajstić information content (AvgIpc) is 2.97. The molecule has 4 heteroatoms.